The number of aryl methyl sites for hydroxylation is 1. The number of carboxylic acids is 1. The van der Waals surface area contributed by atoms with Gasteiger partial charge in [0.25, 0.3) is 5.91 Å². The molecular formula is C46H47N5O9S. The van der Waals surface area contributed by atoms with Crippen molar-refractivity contribution < 1.29 is 43.7 Å². The van der Waals surface area contributed by atoms with E-state index in [1.54, 1.807) is 24.3 Å². The van der Waals surface area contributed by atoms with Crippen LogP contribution in [-0.2, 0) is 54.5 Å². The van der Waals surface area contributed by atoms with E-state index in [9.17, 15) is 39.0 Å². The summed E-state index contributed by atoms with van der Waals surface area (Å²) in [6.45, 7) is -1.33. The zero-order valence-corrected chi connectivity index (χ0v) is 33.9. The first-order chi connectivity index (χ1) is 29.5. The van der Waals surface area contributed by atoms with Gasteiger partial charge >= 0.3 is 5.97 Å². The summed E-state index contributed by atoms with van der Waals surface area (Å²) in [5.74, 6) is -4.70. The number of aliphatic hydroxyl groups is 1. The summed E-state index contributed by atoms with van der Waals surface area (Å²) < 4.78 is 5.73. The largest absolute Gasteiger partial charge is 0.484 e. The van der Waals surface area contributed by atoms with Gasteiger partial charge in [-0.05, 0) is 64.2 Å². The van der Waals surface area contributed by atoms with Gasteiger partial charge < -0.3 is 41.5 Å². The van der Waals surface area contributed by atoms with Gasteiger partial charge in [0.05, 0.1) is 6.61 Å². The predicted molar refractivity (Wildman–Crippen MR) is 228 cm³/mol. The zero-order chi connectivity index (χ0) is 43.1. The Labute approximate surface area is 356 Å². The average molecular weight is 846 g/mol. The van der Waals surface area contributed by atoms with Crippen LogP contribution in [0.1, 0.15) is 28.0 Å². The number of benzene rings is 4. The van der Waals surface area contributed by atoms with Gasteiger partial charge in [-0.15, -0.1) is 11.3 Å². The maximum Gasteiger partial charge on any atom is 0.328 e. The Morgan fingerprint density at radius 2 is 1.31 bits per heavy atom. The lowest BCUT2D eigenvalue weighted by Crippen LogP contribution is -2.60. The van der Waals surface area contributed by atoms with E-state index in [1.807, 2.05) is 102 Å². The topological polar surface area (TPSA) is 212 Å². The van der Waals surface area contributed by atoms with Crippen LogP contribution in [0.2, 0.25) is 0 Å². The maximum absolute atomic E-state index is 14.5. The van der Waals surface area contributed by atoms with Crippen LogP contribution in [0.5, 0.6) is 5.75 Å². The quantitative estimate of drug-likeness (QED) is 0.0920. The predicted octanol–water partition coefficient (Wildman–Crippen LogP) is 2.97. The van der Waals surface area contributed by atoms with E-state index < -0.39 is 78.9 Å². The number of ether oxygens (including phenoxy) is 1. The molecule has 0 saturated heterocycles. The maximum atomic E-state index is 14.5. The molecule has 0 unspecified atom stereocenters. The monoisotopic (exact) mass is 845 g/mol. The van der Waals surface area contributed by atoms with Crippen molar-refractivity contribution in [2.24, 2.45) is 0 Å². The molecule has 5 amide bonds. The summed E-state index contributed by atoms with van der Waals surface area (Å²) in [7, 11) is 0. The van der Waals surface area contributed by atoms with Gasteiger partial charge in [0.15, 0.2) is 6.61 Å². The molecule has 15 heteroatoms. The average Bonchev–Trinajstić information content (AvgIpc) is 3.79. The summed E-state index contributed by atoms with van der Waals surface area (Å²) in [6.07, 6.45) is 0.460. The van der Waals surface area contributed by atoms with Gasteiger partial charge in [0.1, 0.15) is 36.0 Å². The van der Waals surface area contributed by atoms with Crippen molar-refractivity contribution in [3.05, 3.63) is 148 Å². The lowest BCUT2D eigenvalue weighted by Gasteiger charge is -2.27. The molecule has 2 bridgehead atoms. The number of hydrogen-bond acceptors (Lipinski definition) is 9. The summed E-state index contributed by atoms with van der Waals surface area (Å²) in [6, 6.07) is 30.0. The van der Waals surface area contributed by atoms with Gasteiger partial charge in [-0.2, -0.15) is 0 Å². The molecule has 7 N–H and O–H groups in total. The fourth-order valence-electron chi connectivity index (χ4n) is 6.80. The van der Waals surface area contributed by atoms with E-state index in [4.69, 9.17) is 4.74 Å². The Morgan fingerprint density at radius 3 is 1.95 bits per heavy atom. The SMILES string of the molecule is O=C1COc2ccc(cc2)C[C@@H](C(=O)N[C@@H](CO)C(=O)O)NC(=O)[C@H](CCc2ccccc2)NC(=O)[C@@H](Cc2ccc(-c3ccccc3)cc2)NC(=O)[C@H](Cc2cccs2)N1. The van der Waals surface area contributed by atoms with Gasteiger partial charge in [-0.1, -0.05) is 103 Å². The third-order valence-corrected chi connectivity index (χ3v) is 11.0. The molecule has 3 heterocycles. The van der Waals surface area contributed by atoms with Crippen molar-refractivity contribution >= 4 is 46.8 Å². The van der Waals surface area contributed by atoms with Gasteiger partial charge in [0.2, 0.25) is 23.6 Å². The highest BCUT2D eigenvalue weighted by molar-refractivity contribution is 7.09. The number of carbonyl (C=O) groups is 6. The van der Waals surface area contributed by atoms with Crippen LogP contribution in [0, 0.1) is 0 Å². The molecule has 0 fully saturated rings. The fraction of sp³-hybridized carbons (Fsp3) is 0.261. The number of carbonyl (C=O) groups excluding carboxylic acids is 5. The van der Waals surface area contributed by atoms with E-state index in [0.717, 1.165) is 21.6 Å². The van der Waals surface area contributed by atoms with Crippen molar-refractivity contribution in [3.63, 3.8) is 0 Å². The van der Waals surface area contributed by atoms with Crippen LogP contribution in [0.25, 0.3) is 11.1 Å². The first kappa shape index (κ1) is 43.7. The van der Waals surface area contributed by atoms with Crippen LogP contribution < -0.4 is 31.3 Å². The minimum atomic E-state index is -1.65. The van der Waals surface area contributed by atoms with Crippen LogP contribution in [0.15, 0.2) is 127 Å². The van der Waals surface area contributed by atoms with E-state index in [0.29, 0.717) is 23.3 Å². The highest BCUT2D eigenvalue weighted by Crippen LogP contribution is 2.21. The van der Waals surface area contributed by atoms with Crippen LogP contribution in [0.4, 0.5) is 0 Å². The first-order valence-electron chi connectivity index (χ1n) is 19.8. The Balaban J connectivity index is 1.35. The van der Waals surface area contributed by atoms with Crippen molar-refractivity contribution in [2.45, 2.75) is 62.3 Å². The van der Waals surface area contributed by atoms with Crippen LogP contribution in [0.3, 0.4) is 0 Å². The third kappa shape index (κ3) is 12.8. The second-order valence-corrected chi connectivity index (χ2v) is 15.6. The van der Waals surface area contributed by atoms with E-state index in [2.05, 4.69) is 26.6 Å². The second-order valence-electron chi connectivity index (χ2n) is 14.6. The van der Waals surface area contributed by atoms with Crippen LogP contribution in [-0.4, -0.2) is 89.1 Å². The highest BCUT2D eigenvalue weighted by atomic mass is 32.1. The minimum absolute atomic E-state index is 0.0131. The minimum Gasteiger partial charge on any atom is -0.484 e. The molecule has 5 atom stereocenters. The lowest BCUT2D eigenvalue weighted by atomic mass is 9.99. The number of carboxylic acid groups (broad SMARTS) is 1. The van der Waals surface area contributed by atoms with E-state index >= 15 is 0 Å². The number of fused-ring (bicyclic) bond motifs is 16. The van der Waals surface area contributed by atoms with Crippen molar-refractivity contribution in [3.8, 4) is 16.9 Å². The molecule has 7 rings (SSSR count). The molecule has 4 aromatic carbocycles. The molecular weight excluding hydrogens is 799 g/mol. The third-order valence-electron chi connectivity index (χ3n) is 10.1. The van der Waals surface area contributed by atoms with Crippen molar-refractivity contribution in [2.75, 3.05) is 13.2 Å². The normalized spacial score (nSPS) is 19.4. The van der Waals surface area contributed by atoms with Gasteiger partial charge in [-0.3, -0.25) is 24.0 Å². The summed E-state index contributed by atoms with van der Waals surface area (Å²) >= 11 is 1.41. The smallest absolute Gasteiger partial charge is 0.328 e. The van der Waals surface area contributed by atoms with Crippen molar-refractivity contribution in [1.82, 2.24) is 26.6 Å². The molecule has 0 saturated carbocycles. The standard InChI is InChI=1S/C46H47N5O9S/c52-27-40(46(58)59)51-44(56)38-25-31-15-20-34(21-16-31)60-28-41(53)47-39(26-35-12-7-23-61-35)45(57)50-37(24-30-13-18-33(19-14-30)32-10-5-2-6-11-32)43(55)48-36(42(54)49-38)22-17-29-8-3-1-4-9-29/h1-16,18-21,23,36-40,52H,17,22,24-28H2,(H,47,53)(H,48,55)(H,49,54)(H,50,57)(H,51,56)(H,58,59)/t36-,37+,38-,39-,40-/m0/s1. The number of rotatable bonds is 12. The molecule has 316 valence electrons. The Kier molecular flexibility index (Phi) is 15.4. The Morgan fingerprint density at radius 1 is 0.689 bits per heavy atom. The number of aliphatic hydroxyl groups excluding tert-OH is 1. The zero-order valence-electron chi connectivity index (χ0n) is 33.1. The van der Waals surface area contributed by atoms with Crippen molar-refractivity contribution in [1.29, 1.82) is 0 Å². The fourth-order valence-corrected chi connectivity index (χ4v) is 7.55. The molecule has 0 radical (unpaired) electrons. The summed E-state index contributed by atoms with van der Waals surface area (Å²) in [5, 5.41) is 34.5. The lowest BCUT2D eigenvalue weighted by molar-refractivity contribution is -0.143. The number of thiophene rings is 1. The first-order valence-corrected chi connectivity index (χ1v) is 20.7. The molecule has 2 aliphatic heterocycles. The molecule has 0 spiro atoms. The van der Waals surface area contributed by atoms with Crippen LogP contribution >= 0.6 is 11.3 Å². The summed E-state index contributed by atoms with van der Waals surface area (Å²) in [4.78, 5) is 82.5. The van der Waals surface area contributed by atoms with E-state index in [1.165, 1.54) is 11.3 Å². The molecule has 61 heavy (non-hydrogen) atoms. The molecule has 14 nitrogen and oxygen atoms in total. The second kappa shape index (κ2) is 21.4. The molecule has 0 aliphatic carbocycles. The Bertz CT molecular complexity index is 2260. The van der Waals surface area contributed by atoms with Gasteiger partial charge in [-0.25, -0.2) is 4.79 Å². The highest BCUT2D eigenvalue weighted by Gasteiger charge is 2.33. The van der Waals surface area contributed by atoms with E-state index in [-0.39, 0.29) is 25.7 Å². The molecule has 2 aliphatic rings. The number of nitrogens with one attached hydrogen (secondary N) is 5. The van der Waals surface area contributed by atoms with Gasteiger partial charge in [0, 0.05) is 24.1 Å². The number of amides is 5. The Hall–Kier alpha value is -6.84. The molecule has 5 aromatic rings. The number of aliphatic carboxylic acids is 1. The number of hydrogen-bond donors (Lipinski definition) is 7. The summed E-state index contributed by atoms with van der Waals surface area (Å²) in [5.41, 5.74) is 4.06. The molecule has 1 aromatic heterocycles.